The third kappa shape index (κ3) is 4.39. The second-order valence-corrected chi connectivity index (χ2v) is 4.98. The van der Waals surface area contributed by atoms with Crippen LogP contribution in [0.25, 0.3) is 0 Å². The molecular weight excluding hydrogens is 292 g/mol. The van der Waals surface area contributed by atoms with E-state index in [0.29, 0.717) is 23.8 Å². The number of carbonyl (C=O) groups excluding carboxylic acids is 1. The van der Waals surface area contributed by atoms with E-state index in [1.54, 1.807) is 14.0 Å². The molecule has 0 fully saturated rings. The van der Waals surface area contributed by atoms with Crippen LogP contribution in [0.1, 0.15) is 13.8 Å². The molecule has 0 radical (unpaired) electrons. The molecular formula is C18H22N2O3. The Bertz CT molecular complexity index is 658. The summed E-state index contributed by atoms with van der Waals surface area (Å²) in [6, 6.07) is 14.4. The van der Waals surface area contributed by atoms with E-state index < -0.39 is 6.04 Å². The standard InChI is InChI=1S/C18H22N2O3/c1-4-23-17-12-8-6-10-15(17)20-18(21)13(2)19-14-9-5-7-11-16(14)22-3/h5-13,19H,4H2,1-3H3,(H,20,21)/t13-/m1/s1. The van der Waals surface area contributed by atoms with E-state index >= 15 is 0 Å². The predicted octanol–water partition coefficient (Wildman–Crippen LogP) is 3.53. The molecule has 0 unspecified atom stereocenters. The van der Waals surface area contributed by atoms with Crippen LogP contribution in [0.5, 0.6) is 11.5 Å². The second-order valence-electron chi connectivity index (χ2n) is 4.98. The third-order valence-electron chi connectivity index (χ3n) is 3.32. The van der Waals surface area contributed by atoms with Gasteiger partial charge >= 0.3 is 0 Å². The van der Waals surface area contributed by atoms with Gasteiger partial charge in [-0.25, -0.2) is 0 Å². The first-order valence-corrected chi connectivity index (χ1v) is 7.58. The Kier molecular flexibility index (Phi) is 5.86. The number of hydrogen-bond donors (Lipinski definition) is 2. The van der Waals surface area contributed by atoms with Crippen molar-refractivity contribution >= 4 is 17.3 Å². The van der Waals surface area contributed by atoms with Gasteiger partial charge < -0.3 is 20.1 Å². The SMILES string of the molecule is CCOc1ccccc1NC(=O)[C@@H](C)Nc1ccccc1OC. The van der Waals surface area contributed by atoms with Crippen LogP contribution in [0.15, 0.2) is 48.5 Å². The number of anilines is 2. The van der Waals surface area contributed by atoms with Crippen LogP contribution >= 0.6 is 0 Å². The van der Waals surface area contributed by atoms with Crippen molar-refractivity contribution in [2.75, 3.05) is 24.4 Å². The van der Waals surface area contributed by atoms with Crippen molar-refractivity contribution in [1.29, 1.82) is 0 Å². The van der Waals surface area contributed by atoms with E-state index in [0.717, 1.165) is 5.69 Å². The summed E-state index contributed by atoms with van der Waals surface area (Å²) in [7, 11) is 1.60. The molecule has 1 amide bonds. The maximum atomic E-state index is 12.4. The Hall–Kier alpha value is -2.69. The van der Waals surface area contributed by atoms with Gasteiger partial charge in [0.15, 0.2) is 0 Å². The van der Waals surface area contributed by atoms with Gasteiger partial charge in [-0.2, -0.15) is 0 Å². The molecule has 0 spiro atoms. The molecule has 0 aromatic heterocycles. The Labute approximate surface area is 136 Å². The molecule has 1 atom stereocenters. The van der Waals surface area contributed by atoms with E-state index in [2.05, 4.69) is 10.6 Å². The van der Waals surface area contributed by atoms with Crippen molar-refractivity contribution < 1.29 is 14.3 Å². The molecule has 0 bridgehead atoms. The third-order valence-corrected chi connectivity index (χ3v) is 3.32. The van der Waals surface area contributed by atoms with Gasteiger partial charge in [0.05, 0.1) is 25.1 Å². The van der Waals surface area contributed by atoms with Gasteiger partial charge in [0.2, 0.25) is 5.91 Å². The molecule has 23 heavy (non-hydrogen) atoms. The van der Waals surface area contributed by atoms with Crippen molar-refractivity contribution in [1.82, 2.24) is 0 Å². The normalized spacial score (nSPS) is 11.4. The summed E-state index contributed by atoms with van der Waals surface area (Å²) in [5, 5.41) is 6.04. The Morgan fingerprint density at radius 3 is 2.30 bits per heavy atom. The maximum Gasteiger partial charge on any atom is 0.246 e. The van der Waals surface area contributed by atoms with E-state index in [1.165, 1.54) is 0 Å². The van der Waals surface area contributed by atoms with E-state index in [-0.39, 0.29) is 5.91 Å². The Morgan fingerprint density at radius 1 is 1.04 bits per heavy atom. The fraction of sp³-hybridized carbons (Fsp3) is 0.278. The summed E-state index contributed by atoms with van der Waals surface area (Å²) in [5.41, 5.74) is 1.43. The lowest BCUT2D eigenvalue weighted by atomic mass is 10.2. The molecule has 2 aromatic carbocycles. The molecule has 5 nitrogen and oxygen atoms in total. The van der Waals surface area contributed by atoms with Crippen molar-refractivity contribution in [2.45, 2.75) is 19.9 Å². The summed E-state index contributed by atoms with van der Waals surface area (Å²) in [5.74, 6) is 1.21. The van der Waals surface area contributed by atoms with E-state index in [1.807, 2.05) is 55.5 Å². The van der Waals surface area contributed by atoms with Crippen LogP contribution in [0, 0.1) is 0 Å². The molecule has 5 heteroatoms. The lowest BCUT2D eigenvalue weighted by Crippen LogP contribution is -2.32. The molecule has 2 N–H and O–H groups in total. The highest BCUT2D eigenvalue weighted by atomic mass is 16.5. The summed E-state index contributed by atoms with van der Waals surface area (Å²) in [6.45, 7) is 4.25. The average molecular weight is 314 g/mol. The van der Waals surface area contributed by atoms with Gasteiger partial charge in [0.1, 0.15) is 17.5 Å². The summed E-state index contributed by atoms with van der Waals surface area (Å²) in [4.78, 5) is 12.4. The highest BCUT2D eigenvalue weighted by Gasteiger charge is 2.16. The molecule has 0 saturated heterocycles. The Balaban J connectivity index is 2.06. The number of para-hydroxylation sites is 4. The van der Waals surface area contributed by atoms with Crippen LogP contribution < -0.4 is 20.1 Å². The first-order valence-electron chi connectivity index (χ1n) is 7.58. The summed E-state index contributed by atoms with van der Waals surface area (Å²) < 4.78 is 10.8. The fourth-order valence-electron chi connectivity index (χ4n) is 2.15. The summed E-state index contributed by atoms with van der Waals surface area (Å²) >= 11 is 0. The summed E-state index contributed by atoms with van der Waals surface area (Å²) in [6.07, 6.45) is 0. The van der Waals surface area contributed by atoms with E-state index in [4.69, 9.17) is 9.47 Å². The number of hydrogen-bond acceptors (Lipinski definition) is 4. The first kappa shape index (κ1) is 16.7. The quantitative estimate of drug-likeness (QED) is 0.821. The highest BCUT2D eigenvalue weighted by molar-refractivity contribution is 5.97. The molecule has 0 heterocycles. The van der Waals surface area contributed by atoms with Gasteiger partial charge in [-0.3, -0.25) is 4.79 Å². The first-order chi connectivity index (χ1) is 11.2. The van der Waals surface area contributed by atoms with Crippen molar-refractivity contribution in [3.63, 3.8) is 0 Å². The smallest absolute Gasteiger partial charge is 0.246 e. The number of rotatable bonds is 7. The molecule has 122 valence electrons. The molecule has 2 aromatic rings. The maximum absolute atomic E-state index is 12.4. The van der Waals surface area contributed by atoms with Crippen LogP contribution in [0.4, 0.5) is 11.4 Å². The van der Waals surface area contributed by atoms with Crippen molar-refractivity contribution in [3.05, 3.63) is 48.5 Å². The molecule has 0 aliphatic heterocycles. The zero-order valence-corrected chi connectivity index (χ0v) is 13.6. The topological polar surface area (TPSA) is 59.6 Å². The molecule has 0 aliphatic rings. The van der Waals surface area contributed by atoms with Crippen molar-refractivity contribution in [2.24, 2.45) is 0 Å². The van der Waals surface area contributed by atoms with Gasteiger partial charge in [-0.1, -0.05) is 24.3 Å². The van der Waals surface area contributed by atoms with Gasteiger partial charge in [-0.15, -0.1) is 0 Å². The lowest BCUT2D eigenvalue weighted by Gasteiger charge is -2.18. The molecule has 2 rings (SSSR count). The van der Waals surface area contributed by atoms with Gasteiger partial charge in [-0.05, 0) is 38.1 Å². The largest absolute Gasteiger partial charge is 0.495 e. The monoisotopic (exact) mass is 314 g/mol. The number of nitrogens with one attached hydrogen (secondary N) is 2. The van der Waals surface area contributed by atoms with Gasteiger partial charge in [0.25, 0.3) is 0 Å². The zero-order valence-electron chi connectivity index (χ0n) is 13.6. The highest BCUT2D eigenvalue weighted by Crippen LogP contribution is 2.26. The van der Waals surface area contributed by atoms with Crippen LogP contribution in [0.3, 0.4) is 0 Å². The van der Waals surface area contributed by atoms with Crippen LogP contribution in [-0.4, -0.2) is 25.7 Å². The fourth-order valence-corrected chi connectivity index (χ4v) is 2.15. The van der Waals surface area contributed by atoms with Gasteiger partial charge in [0, 0.05) is 0 Å². The minimum Gasteiger partial charge on any atom is -0.495 e. The molecule has 0 aliphatic carbocycles. The predicted molar refractivity (Wildman–Crippen MR) is 92.3 cm³/mol. The van der Waals surface area contributed by atoms with Crippen LogP contribution in [0.2, 0.25) is 0 Å². The number of benzene rings is 2. The van der Waals surface area contributed by atoms with Crippen LogP contribution in [-0.2, 0) is 4.79 Å². The lowest BCUT2D eigenvalue weighted by molar-refractivity contribution is -0.116. The number of methoxy groups -OCH3 is 1. The second kappa shape index (κ2) is 8.08. The number of amides is 1. The van der Waals surface area contributed by atoms with Crippen molar-refractivity contribution in [3.8, 4) is 11.5 Å². The zero-order chi connectivity index (χ0) is 16.7. The Morgan fingerprint density at radius 2 is 1.65 bits per heavy atom. The number of ether oxygens (including phenoxy) is 2. The minimum atomic E-state index is -0.430. The molecule has 0 saturated carbocycles. The van der Waals surface area contributed by atoms with E-state index in [9.17, 15) is 4.79 Å². The minimum absolute atomic E-state index is 0.150. The average Bonchev–Trinajstić information content (AvgIpc) is 2.57. The number of carbonyl (C=O) groups is 1.